The fourth-order valence-electron chi connectivity index (χ4n) is 1.04. The summed E-state index contributed by atoms with van der Waals surface area (Å²) in [6, 6.07) is 0.529. The van der Waals surface area contributed by atoms with E-state index in [0.29, 0.717) is 12.0 Å². The van der Waals surface area contributed by atoms with Crippen molar-refractivity contribution in [3.05, 3.63) is 0 Å². The zero-order valence-corrected chi connectivity index (χ0v) is 8.59. The molecule has 0 rings (SSSR count). The first-order valence-corrected chi connectivity index (χ1v) is 4.42. The van der Waals surface area contributed by atoms with E-state index in [1.807, 2.05) is 0 Å². The molecule has 0 fully saturated rings. The van der Waals surface area contributed by atoms with Crippen LogP contribution in [0.2, 0.25) is 0 Å². The largest absolute Gasteiger partial charge is 0.384 e. The average Bonchev–Trinajstić information content (AvgIpc) is 2.01. The average molecular weight is 175 g/mol. The number of methoxy groups -OCH3 is 2. The van der Waals surface area contributed by atoms with Gasteiger partial charge in [0.1, 0.15) is 0 Å². The molecule has 0 heterocycles. The Morgan fingerprint density at radius 3 is 1.92 bits per heavy atom. The summed E-state index contributed by atoms with van der Waals surface area (Å²) >= 11 is 0. The third kappa shape index (κ3) is 6.58. The molecule has 0 bridgehead atoms. The molecular formula is C9H21NO2. The molecular weight excluding hydrogens is 154 g/mol. The molecule has 1 N–H and O–H groups in total. The monoisotopic (exact) mass is 175 g/mol. The minimum Gasteiger partial charge on any atom is -0.384 e. The predicted molar refractivity (Wildman–Crippen MR) is 50.4 cm³/mol. The van der Waals surface area contributed by atoms with Crippen LogP contribution in [0.4, 0.5) is 0 Å². The Hall–Kier alpha value is -0.120. The van der Waals surface area contributed by atoms with Crippen molar-refractivity contribution in [3.8, 4) is 0 Å². The Bertz CT molecular complexity index is 90.5. The minimum absolute atomic E-state index is 0.461. The Labute approximate surface area is 75.4 Å². The molecule has 0 aromatic heterocycles. The Morgan fingerprint density at radius 1 is 1.08 bits per heavy atom. The first kappa shape index (κ1) is 11.9. The molecule has 3 nitrogen and oxygen atoms in total. The van der Waals surface area contributed by atoms with Gasteiger partial charge in [-0.1, -0.05) is 13.8 Å². The Balaban J connectivity index is 3.48. The molecule has 0 unspecified atom stereocenters. The molecule has 0 aliphatic heterocycles. The molecule has 0 aliphatic rings. The van der Waals surface area contributed by atoms with Crippen LogP contribution in [-0.2, 0) is 9.47 Å². The summed E-state index contributed by atoms with van der Waals surface area (Å²) in [4.78, 5) is 0. The molecule has 0 radical (unpaired) electrons. The lowest BCUT2D eigenvalue weighted by Gasteiger charge is -2.17. The number of hydrogen-bond donors (Lipinski definition) is 1. The topological polar surface area (TPSA) is 30.5 Å². The Morgan fingerprint density at radius 2 is 1.58 bits per heavy atom. The molecule has 0 spiro atoms. The van der Waals surface area contributed by atoms with Crippen LogP contribution in [0.15, 0.2) is 0 Å². The van der Waals surface area contributed by atoms with E-state index in [1.54, 1.807) is 14.2 Å². The molecule has 0 aliphatic carbocycles. The minimum atomic E-state index is 0.461. The van der Waals surface area contributed by atoms with Gasteiger partial charge >= 0.3 is 0 Å². The molecule has 0 saturated heterocycles. The van der Waals surface area contributed by atoms with Crippen LogP contribution >= 0.6 is 0 Å². The highest BCUT2D eigenvalue weighted by Crippen LogP contribution is 1.96. The van der Waals surface area contributed by atoms with E-state index < -0.39 is 0 Å². The maximum atomic E-state index is 5.07. The quantitative estimate of drug-likeness (QED) is 0.623. The van der Waals surface area contributed by atoms with Gasteiger partial charge in [0.25, 0.3) is 0 Å². The molecule has 0 aromatic carbocycles. The summed E-state index contributed by atoms with van der Waals surface area (Å²) in [5, 5.41) is 3.36. The third-order valence-electron chi connectivity index (χ3n) is 1.62. The van der Waals surface area contributed by atoms with Crippen molar-refractivity contribution in [2.75, 3.05) is 34.0 Å². The summed E-state index contributed by atoms with van der Waals surface area (Å²) in [7, 11) is 3.44. The first-order chi connectivity index (χ1) is 5.70. The molecule has 12 heavy (non-hydrogen) atoms. The van der Waals surface area contributed by atoms with E-state index in [1.165, 1.54) is 0 Å². The fraction of sp³-hybridized carbons (Fsp3) is 1.00. The van der Waals surface area contributed by atoms with E-state index in [-0.39, 0.29) is 0 Å². The van der Waals surface area contributed by atoms with Crippen molar-refractivity contribution in [1.29, 1.82) is 0 Å². The lowest BCUT2D eigenvalue weighted by molar-refractivity contribution is 0.0834. The van der Waals surface area contributed by atoms with Crippen LogP contribution in [0, 0.1) is 5.92 Å². The smallest absolute Gasteiger partial charge is 0.0524 e. The predicted octanol–water partition coefficient (Wildman–Crippen LogP) is 0.893. The van der Waals surface area contributed by atoms with Crippen LogP contribution < -0.4 is 5.32 Å². The van der Waals surface area contributed by atoms with Crippen molar-refractivity contribution >= 4 is 0 Å². The van der Waals surface area contributed by atoms with Crippen LogP contribution in [0.3, 0.4) is 0 Å². The molecule has 0 saturated carbocycles. The second kappa shape index (κ2) is 7.53. The van der Waals surface area contributed by atoms with Crippen LogP contribution in [-0.4, -0.2) is 40.0 Å². The van der Waals surface area contributed by atoms with Gasteiger partial charge in [-0.3, -0.25) is 0 Å². The van der Waals surface area contributed by atoms with Crippen molar-refractivity contribution in [1.82, 2.24) is 5.32 Å². The van der Waals surface area contributed by atoms with E-state index >= 15 is 0 Å². The van der Waals surface area contributed by atoms with Gasteiger partial charge in [0.05, 0.1) is 13.2 Å². The summed E-state index contributed by atoms with van der Waals surface area (Å²) in [5.74, 6) is 0.461. The van der Waals surface area contributed by atoms with E-state index in [2.05, 4.69) is 19.2 Å². The Kier molecular flexibility index (Phi) is 7.45. The van der Waals surface area contributed by atoms with Gasteiger partial charge in [0.15, 0.2) is 0 Å². The van der Waals surface area contributed by atoms with Gasteiger partial charge < -0.3 is 14.8 Å². The summed E-state index contributed by atoms with van der Waals surface area (Å²) < 4.78 is 10.1. The van der Waals surface area contributed by atoms with Crippen LogP contribution in [0.1, 0.15) is 13.8 Å². The van der Waals surface area contributed by atoms with Crippen molar-refractivity contribution in [3.63, 3.8) is 0 Å². The zero-order valence-electron chi connectivity index (χ0n) is 8.59. The maximum absolute atomic E-state index is 5.07. The lowest BCUT2D eigenvalue weighted by Crippen LogP contribution is -2.33. The molecule has 0 aromatic rings. The standard InChI is InChI=1S/C9H21NO2/c1-8(2)10-5-9(6-11-3)7-12-4/h8-10H,5-7H2,1-4H3. The highest BCUT2D eigenvalue weighted by Gasteiger charge is 2.07. The summed E-state index contributed by atoms with van der Waals surface area (Å²) in [6.07, 6.45) is 0. The van der Waals surface area contributed by atoms with Crippen molar-refractivity contribution in [2.24, 2.45) is 5.92 Å². The van der Waals surface area contributed by atoms with Gasteiger partial charge in [-0.25, -0.2) is 0 Å². The van der Waals surface area contributed by atoms with E-state index in [9.17, 15) is 0 Å². The second-order valence-electron chi connectivity index (χ2n) is 3.34. The van der Waals surface area contributed by atoms with Crippen LogP contribution in [0.5, 0.6) is 0 Å². The number of nitrogens with one attached hydrogen (secondary N) is 1. The third-order valence-corrected chi connectivity index (χ3v) is 1.62. The summed E-state index contributed by atoms with van der Waals surface area (Å²) in [6.45, 7) is 6.74. The number of ether oxygens (including phenoxy) is 2. The first-order valence-electron chi connectivity index (χ1n) is 4.42. The number of rotatable bonds is 7. The normalized spacial score (nSPS) is 11.5. The van der Waals surface area contributed by atoms with Crippen molar-refractivity contribution in [2.45, 2.75) is 19.9 Å². The number of hydrogen-bond acceptors (Lipinski definition) is 3. The maximum Gasteiger partial charge on any atom is 0.0524 e. The molecule has 3 heteroatoms. The van der Waals surface area contributed by atoms with Crippen LogP contribution in [0.25, 0.3) is 0 Å². The van der Waals surface area contributed by atoms with Gasteiger partial charge in [-0.2, -0.15) is 0 Å². The molecule has 74 valence electrons. The highest BCUT2D eigenvalue weighted by atomic mass is 16.5. The fourth-order valence-corrected chi connectivity index (χ4v) is 1.04. The zero-order chi connectivity index (χ0) is 9.40. The molecule has 0 amide bonds. The SMILES string of the molecule is COCC(CNC(C)C)COC. The van der Waals surface area contributed by atoms with E-state index in [0.717, 1.165) is 19.8 Å². The highest BCUT2D eigenvalue weighted by molar-refractivity contribution is 4.62. The summed E-state index contributed by atoms with van der Waals surface area (Å²) in [5.41, 5.74) is 0. The second-order valence-corrected chi connectivity index (χ2v) is 3.34. The van der Waals surface area contributed by atoms with Gasteiger partial charge in [-0.05, 0) is 0 Å². The van der Waals surface area contributed by atoms with Gasteiger partial charge in [0, 0.05) is 32.7 Å². The van der Waals surface area contributed by atoms with Gasteiger partial charge in [-0.15, -0.1) is 0 Å². The molecule has 0 atom stereocenters. The van der Waals surface area contributed by atoms with Gasteiger partial charge in [0.2, 0.25) is 0 Å². The van der Waals surface area contributed by atoms with Crippen molar-refractivity contribution < 1.29 is 9.47 Å². The van der Waals surface area contributed by atoms with E-state index in [4.69, 9.17) is 9.47 Å². The lowest BCUT2D eigenvalue weighted by atomic mass is 10.1.